The molecule has 0 radical (unpaired) electrons. The molecule has 0 amide bonds. The zero-order valence-corrected chi connectivity index (χ0v) is 12.0. The van der Waals surface area contributed by atoms with Crippen LogP contribution in [0.1, 0.15) is 37.3 Å². The number of furan rings is 1. The van der Waals surface area contributed by atoms with E-state index >= 15 is 0 Å². The van der Waals surface area contributed by atoms with Crippen LogP contribution in [-0.4, -0.2) is 27.8 Å². The second-order valence-corrected chi connectivity index (χ2v) is 6.29. The van der Waals surface area contributed by atoms with Crippen molar-refractivity contribution in [2.45, 2.75) is 32.7 Å². The van der Waals surface area contributed by atoms with Crippen LogP contribution >= 0.6 is 0 Å². The average Bonchev–Trinajstić information content (AvgIpc) is 2.71. The molecular formula is C12H22N2O3S. The van der Waals surface area contributed by atoms with Crippen molar-refractivity contribution < 1.29 is 12.8 Å². The third-order valence-electron chi connectivity index (χ3n) is 2.63. The van der Waals surface area contributed by atoms with E-state index in [1.165, 1.54) is 0 Å². The van der Waals surface area contributed by atoms with Crippen LogP contribution in [0.5, 0.6) is 0 Å². The van der Waals surface area contributed by atoms with Crippen molar-refractivity contribution in [2.24, 2.45) is 0 Å². The Balaban J connectivity index is 2.44. The molecule has 6 heteroatoms. The molecule has 104 valence electrons. The molecule has 5 nitrogen and oxygen atoms in total. The molecule has 0 saturated heterocycles. The van der Waals surface area contributed by atoms with Crippen LogP contribution in [0, 0.1) is 6.92 Å². The highest BCUT2D eigenvalue weighted by Crippen LogP contribution is 2.16. The second kappa shape index (κ2) is 6.92. The lowest BCUT2D eigenvalue weighted by atomic mass is 10.3. The maximum atomic E-state index is 11.8. The van der Waals surface area contributed by atoms with Crippen molar-refractivity contribution in [1.29, 1.82) is 0 Å². The Morgan fingerprint density at radius 2 is 2.06 bits per heavy atom. The molecule has 1 aromatic rings. The summed E-state index contributed by atoms with van der Waals surface area (Å²) in [6, 6.07) is 3.30. The van der Waals surface area contributed by atoms with Crippen molar-refractivity contribution >= 4 is 10.0 Å². The zero-order chi connectivity index (χ0) is 13.6. The van der Waals surface area contributed by atoms with E-state index in [1.54, 1.807) is 13.0 Å². The Hall–Kier alpha value is -0.850. The van der Waals surface area contributed by atoms with Crippen LogP contribution in [0.25, 0.3) is 0 Å². The lowest BCUT2D eigenvalue weighted by Gasteiger charge is -2.12. The predicted molar refractivity (Wildman–Crippen MR) is 71.9 cm³/mol. The van der Waals surface area contributed by atoms with E-state index in [9.17, 15) is 8.42 Å². The van der Waals surface area contributed by atoms with Gasteiger partial charge < -0.3 is 9.73 Å². The van der Waals surface area contributed by atoms with E-state index in [4.69, 9.17) is 4.42 Å². The summed E-state index contributed by atoms with van der Waals surface area (Å²) in [5.74, 6) is 1.58. The Morgan fingerprint density at radius 3 is 2.61 bits per heavy atom. The first-order valence-corrected chi connectivity index (χ1v) is 7.81. The first-order chi connectivity index (χ1) is 8.44. The van der Waals surface area contributed by atoms with E-state index in [0.717, 1.165) is 18.7 Å². The van der Waals surface area contributed by atoms with E-state index in [1.807, 2.05) is 20.0 Å². The SMILES string of the molecule is CNCCCCS(=O)(=O)NC(C)c1ccc(C)o1. The summed E-state index contributed by atoms with van der Waals surface area (Å²) in [6.45, 7) is 4.45. The molecule has 1 atom stereocenters. The standard InChI is InChI=1S/C12H22N2O3S/c1-10-6-7-12(17-10)11(2)14-18(15,16)9-5-4-8-13-3/h6-7,11,13-14H,4-5,8-9H2,1-3H3. The van der Waals surface area contributed by atoms with Crippen LogP contribution < -0.4 is 10.0 Å². The van der Waals surface area contributed by atoms with E-state index < -0.39 is 10.0 Å². The summed E-state index contributed by atoms with van der Waals surface area (Å²) in [7, 11) is -1.38. The third kappa shape index (κ3) is 5.20. The molecule has 0 fully saturated rings. The molecule has 0 aliphatic rings. The molecule has 0 saturated carbocycles. The fourth-order valence-electron chi connectivity index (χ4n) is 1.67. The summed E-state index contributed by atoms with van der Waals surface area (Å²) in [5, 5.41) is 2.99. The van der Waals surface area contributed by atoms with Crippen molar-refractivity contribution in [3.63, 3.8) is 0 Å². The van der Waals surface area contributed by atoms with Gasteiger partial charge in [0.05, 0.1) is 11.8 Å². The van der Waals surface area contributed by atoms with Gasteiger partial charge in [0.25, 0.3) is 0 Å². The monoisotopic (exact) mass is 274 g/mol. The molecule has 0 aliphatic carbocycles. The van der Waals surface area contributed by atoms with Gasteiger partial charge in [-0.25, -0.2) is 13.1 Å². The van der Waals surface area contributed by atoms with Gasteiger partial charge in [-0.1, -0.05) is 0 Å². The van der Waals surface area contributed by atoms with Crippen LogP contribution in [0.3, 0.4) is 0 Å². The van der Waals surface area contributed by atoms with E-state index in [-0.39, 0.29) is 11.8 Å². The van der Waals surface area contributed by atoms with Gasteiger partial charge in [-0.05, 0) is 52.4 Å². The smallest absolute Gasteiger partial charge is 0.212 e. The van der Waals surface area contributed by atoms with E-state index in [2.05, 4.69) is 10.0 Å². The summed E-state index contributed by atoms with van der Waals surface area (Å²) < 4.78 is 31.6. The van der Waals surface area contributed by atoms with Crippen molar-refractivity contribution in [2.75, 3.05) is 19.3 Å². The fourth-order valence-corrected chi connectivity index (χ4v) is 3.02. The highest BCUT2D eigenvalue weighted by molar-refractivity contribution is 7.89. The number of aryl methyl sites for hydroxylation is 1. The van der Waals surface area contributed by atoms with Crippen LogP contribution in [0.4, 0.5) is 0 Å². The Bertz CT molecular complexity index is 454. The minimum absolute atomic E-state index is 0.151. The molecule has 1 heterocycles. The van der Waals surface area contributed by atoms with Crippen LogP contribution in [0.15, 0.2) is 16.5 Å². The van der Waals surface area contributed by atoms with Gasteiger partial charge in [0.2, 0.25) is 10.0 Å². The largest absolute Gasteiger partial charge is 0.465 e. The maximum absolute atomic E-state index is 11.8. The van der Waals surface area contributed by atoms with Gasteiger partial charge in [0, 0.05) is 0 Å². The molecular weight excluding hydrogens is 252 g/mol. The topological polar surface area (TPSA) is 71.3 Å². The lowest BCUT2D eigenvalue weighted by Crippen LogP contribution is -2.29. The molecule has 18 heavy (non-hydrogen) atoms. The van der Waals surface area contributed by atoms with Gasteiger partial charge in [-0.3, -0.25) is 0 Å². The average molecular weight is 274 g/mol. The zero-order valence-electron chi connectivity index (χ0n) is 11.2. The van der Waals surface area contributed by atoms with Gasteiger partial charge in [-0.2, -0.15) is 0 Å². The minimum Gasteiger partial charge on any atom is -0.465 e. The fraction of sp³-hybridized carbons (Fsp3) is 0.667. The lowest BCUT2D eigenvalue weighted by molar-refractivity contribution is 0.441. The summed E-state index contributed by atoms with van der Waals surface area (Å²) in [5.41, 5.74) is 0. The van der Waals surface area contributed by atoms with E-state index in [0.29, 0.717) is 12.2 Å². The van der Waals surface area contributed by atoms with Gasteiger partial charge >= 0.3 is 0 Å². The number of rotatable bonds is 8. The summed E-state index contributed by atoms with van der Waals surface area (Å²) in [6.07, 6.45) is 1.51. The first kappa shape index (κ1) is 15.2. The number of unbranched alkanes of at least 4 members (excludes halogenated alkanes) is 1. The molecule has 1 aromatic heterocycles. The quantitative estimate of drug-likeness (QED) is 0.706. The van der Waals surface area contributed by atoms with Crippen molar-refractivity contribution in [1.82, 2.24) is 10.0 Å². The molecule has 0 aliphatic heterocycles. The second-order valence-electron chi connectivity index (χ2n) is 4.42. The third-order valence-corrected chi connectivity index (χ3v) is 4.17. The Kier molecular flexibility index (Phi) is 5.84. The number of sulfonamides is 1. The minimum atomic E-state index is -3.24. The molecule has 1 unspecified atom stereocenters. The first-order valence-electron chi connectivity index (χ1n) is 6.15. The molecule has 2 N–H and O–H groups in total. The highest BCUT2D eigenvalue weighted by atomic mass is 32.2. The molecule has 1 rings (SSSR count). The van der Waals surface area contributed by atoms with Crippen molar-refractivity contribution in [3.8, 4) is 0 Å². The number of hydrogen-bond donors (Lipinski definition) is 2. The summed E-state index contributed by atoms with van der Waals surface area (Å²) in [4.78, 5) is 0. The Labute approximate surface area is 109 Å². The number of nitrogens with one attached hydrogen (secondary N) is 2. The Morgan fingerprint density at radius 1 is 1.33 bits per heavy atom. The van der Waals surface area contributed by atoms with Gasteiger partial charge in [-0.15, -0.1) is 0 Å². The number of hydrogen-bond acceptors (Lipinski definition) is 4. The highest BCUT2D eigenvalue weighted by Gasteiger charge is 2.17. The van der Waals surface area contributed by atoms with Crippen LogP contribution in [-0.2, 0) is 10.0 Å². The molecule has 0 spiro atoms. The molecule has 0 bridgehead atoms. The normalized spacial score (nSPS) is 13.7. The predicted octanol–water partition coefficient (Wildman–Crippen LogP) is 1.57. The summed E-state index contributed by atoms with van der Waals surface area (Å²) >= 11 is 0. The maximum Gasteiger partial charge on any atom is 0.212 e. The van der Waals surface area contributed by atoms with Crippen LogP contribution in [0.2, 0.25) is 0 Å². The van der Waals surface area contributed by atoms with Crippen molar-refractivity contribution in [3.05, 3.63) is 23.7 Å². The molecule has 0 aromatic carbocycles. The van der Waals surface area contributed by atoms with Gasteiger partial charge in [0.15, 0.2) is 0 Å². The van der Waals surface area contributed by atoms with Gasteiger partial charge in [0.1, 0.15) is 11.5 Å².